The molecule has 1 aliphatic rings. The Bertz CT molecular complexity index is 675. The monoisotopic (exact) mass is 348 g/mol. The minimum atomic E-state index is 0.732. The minimum Gasteiger partial charge on any atom is -0.496 e. The van der Waals surface area contributed by atoms with E-state index in [1.54, 1.807) is 7.11 Å². The summed E-state index contributed by atoms with van der Waals surface area (Å²) in [6.45, 7) is 0. The fraction of sp³-hybridized carbons (Fsp3) is 0.222. The highest BCUT2D eigenvalue weighted by Crippen LogP contribution is 2.45. The molecule has 1 nitrogen and oxygen atoms in total. The normalized spacial score (nSPS) is 14.7. The number of hydrogen-bond donors (Lipinski definition) is 0. The van der Waals surface area contributed by atoms with Crippen molar-refractivity contribution >= 4 is 40.7 Å². The lowest BCUT2D eigenvalue weighted by Crippen LogP contribution is -1.99. The Hall–Kier alpha value is -1.03. The highest BCUT2D eigenvalue weighted by molar-refractivity contribution is 8.23. The van der Waals surface area contributed by atoms with Crippen LogP contribution in [0.25, 0.3) is 5.57 Å². The minimum absolute atomic E-state index is 0.732. The van der Waals surface area contributed by atoms with Crippen LogP contribution in [-0.4, -0.2) is 18.6 Å². The maximum absolute atomic E-state index is 6.25. The first-order valence-electron chi connectivity index (χ1n) is 7.19. The molecule has 1 saturated heterocycles. The third-order valence-electron chi connectivity index (χ3n) is 3.45. The molecule has 0 aliphatic carbocycles. The van der Waals surface area contributed by atoms with Crippen molar-refractivity contribution in [3.8, 4) is 5.75 Å². The van der Waals surface area contributed by atoms with Gasteiger partial charge < -0.3 is 4.74 Å². The zero-order valence-corrected chi connectivity index (χ0v) is 14.7. The van der Waals surface area contributed by atoms with Gasteiger partial charge in [0.05, 0.1) is 7.11 Å². The van der Waals surface area contributed by atoms with E-state index < -0.39 is 0 Å². The summed E-state index contributed by atoms with van der Waals surface area (Å²) in [5.74, 6) is 3.20. The lowest BCUT2D eigenvalue weighted by atomic mass is 9.98. The van der Waals surface area contributed by atoms with Crippen LogP contribution in [0.4, 0.5) is 0 Å². The number of halogens is 1. The number of rotatable bonds is 3. The number of benzene rings is 2. The molecule has 0 saturated carbocycles. The molecule has 0 unspecified atom stereocenters. The van der Waals surface area contributed by atoms with Crippen LogP contribution in [0.1, 0.15) is 17.5 Å². The van der Waals surface area contributed by atoms with Crippen molar-refractivity contribution in [2.75, 3.05) is 18.6 Å². The van der Waals surface area contributed by atoms with Crippen molar-refractivity contribution in [1.82, 2.24) is 0 Å². The number of thioether (sulfide) groups is 2. The SMILES string of the molecule is COc1ccc(Cl)cc1C(=C1SCCCS1)c1ccccc1. The van der Waals surface area contributed by atoms with E-state index in [0.29, 0.717) is 0 Å². The predicted molar refractivity (Wildman–Crippen MR) is 100 cm³/mol. The lowest BCUT2D eigenvalue weighted by molar-refractivity contribution is 0.413. The molecule has 1 aliphatic heterocycles. The van der Waals surface area contributed by atoms with E-state index in [1.807, 2.05) is 47.8 Å². The molecule has 0 N–H and O–H groups in total. The Morgan fingerprint density at radius 3 is 2.45 bits per heavy atom. The molecule has 1 fully saturated rings. The number of ether oxygens (including phenoxy) is 1. The van der Waals surface area contributed by atoms with Crippen molar-refractivity contribution in [2.24, 2.45) is 0 Å². The van der Waals surface area contributed by atoms with Gasteiger partial charge in [0.2, 0.25) is 0 Å². The summed E-state index contributed by atoms with van der Waals surface area (Å²) >= 11 is 10.1. The zero-order chi connectivity index (χ0) is 15.4. The average Bonchev–Trinajstić information content (AvgIpc) is 2.57. The second kappa shape index (κ2) is 7.49. The van der Waals surface area contributed by atoms with Gasteiger partial charge in [-0.1, -0.05) is 41.9 Å². The van der Waals surface area contributed by atoms with Crippen molar-refractivity contribution in [2.45, 2.75) is 6.42 Å². The van der Waals surface area contributed by atoms with Crippen LogP contribution in [-0.2, 0) is 0 Å². The molecular formula is C18H17ClOS2. The quantitative estimate of drug-likeness (QED) is 0.679. The van der Waals surface area contributed by atoms with Gasteiger partial charge in [0, 0.05) is 20.4 Å². The molecule has 0 amide bonds. The molecule has 3 rings (SSSR count). The first-order chi connectivity index (χ1) is 10.8. The largest absolute Gasteiger partial charge is 0.496 e. The van der Waals surface area contributed by atoms with Gasteiger partial charge in [0.1, 0.15) is 5.75 Å². The van der Waals surface area contributed by atoms with Crippen LogP contribution < -0.4 is 4.74 Å². The summed E-state index contributed by atoms with van der Waals surface area (Å²) in [6, 6.07) is 16.3. The van der Waals surface area contributed by atoms with Crippen LogP contribution in [0, 0.1) is 0 Å². The fourth-order valence-corrected chi connectivity index (χ4v) is 5.32. The number of hydrogen-bond acceptors (Lipinski definition) is 3. The second-order valence-electron chi connectivity index (χ2n) is 4.92. The third-order valence-corrected chi connectivity index (χ3v) is 6.31. The summed E-state index contributed by atoms with van der Waals surface area (Å²) in [5, 5.41) is 0.732. The second-order valence-corrected chi connectivity index (χ2v) is 7.83. The molecule has 114 valence electrons. The zero-order valence-electron chi connectivity index (χ0n) is 12.3. The van der Waals surface area contributed by atoms with Crippen LogP contribution in [0.5, 0.6) is 5.75 Å². The van der Waals surface area contributed by atoms with Crippen molar-refractivity contribution in [3.63, 3.8) is 0 Å². The summed E-state index contributed by atoms with van der Waals surface area (Å²) in [5.41, 5.74) is 3.51. The summed E-state index contributed by atoms with van der Waals surface area (Å²) < 4.78 is 6.94. The van der Waals surface area contributed by atoms with Gasteiger partial charge in [-0.05, 0) is 41.7 Å². The highest BCUT2D eigenvalue weighted by Gasteiger charge is 2.19. The van der Waals surface area contributed by atoms with Crippen LogP contribution in [0.3, 0.4) is 0 Å². The van der Waals surface area contributed by atoms with Crippen LogP contribution in [0.2, 0.25) is 5.02 Å². The topological polar surface area (TPSA) is 9.23 Å². The van der Waals surface area contributed by atoms with Gasteiger partial charge in [-0.2, -0.15) is 0 Å². The lowest BCUT2D eigenvalue weighted by Gasteiger charge is -2.20. The molecule has 1 heterocycles. The number of methoxy groups -OCH3 is 1. The van der Waals surface area contributed by atoms with Gasteiger partial charge in [-0.15, -0.1) is 23.5 Å². The van der Waals surface area contributed by atoms with Crippen molar-refractivity contribution in [3.05, 3.63) is 68.9 Å². The van der Waals surface area contributed by atoms with Crippen molar-refractivity contribution in [1.29, 1.82) is 0 Å². The van der Waals surface area contributed by atoms with E-state index in [9.17, 15) is 0 Å². The molecular weight excluding hydrogens is 332 g/mol. The molecule has 0 bridgehead atoms. The maximum Gasteiger partial charge on any atom is 0.126 e. The fourth-order valence-electron chi connectivity index (χ4n) is 2.44. The van der Waals surface area contributed by atoms with E-state index in [2.05, 4.69) is 24.3 Å². The van der Waals surface area contributed by atoms with Gasteiger partial charge in [0.15, 0.2) is 0 Å². The van der Waals surface area contributed by atoms with Crippen LogP contribution in [0.15, 0.2) is 52.8 Å². The summed E-state index contributed by atoms with van der Waals surface area (Å²) in [4.78, 5) is 0. The van der Waals surface area contributed by atoms with E-state index in [1.165, 1.54) is 33.3 Å². The first kappa shape index (κ1) is 15.9. The Morgan fingerprint density at radius 1 is 1.05 bits per heavy atom. The highest BCUT2D eigenvalue weighted by atomic mass is 35.5. The Labute approximate surface area is 145 Å². The van der Waals surface area contributed by atoms with Gasteiger partial charge in [0.25, 0.3) is 0 Å². The molecule has 2 aromatic rings. The molecule has 0 atom stereocenters. The third kappa shape index (κ3) is 3.48. The Balaban J connectivity index is 2.20. The van der Waals surface area contributed by atoms with E-state index in [0.717, 1.165) is 16.3 Å². The summed E-state index contributed by atoms with van der Waals surface area (Å²) in [6.07, 6.45) is 1.26. The van der Waals surface area contributed by atoms with E-state index in [-0.39, 0.29) is 0 Å². The van der Waals surface area contributed by atoms with E-state index in [4.69, 9.17) is 16.3 Å². The van der Waals surface area contributed by atoms with Gasteiger partial charge >= 0.3 is 0 Å². The first-order valence-corrected chi connectivity index (χ1v) is 9.53. The smallest absolute Gasteiger partial charge is 0.126 e. The van der Waals surface area contributed by atoms with E-state index >= 15 is 0 Å². The Kier molecular flexibility index (Phi) is 5.40. The molecule has 4 heteroatoms. The maximum atomic E-state index is 6.25. The predicted octanol–water partition coefficient (Wildman–Crippen LogP) is 5.94. The Morgan fingerprint density at radius 2 is 1.77 bits per heavy atom. The molecule has 22 heavy (non-hydrogen) atoms. The van der Waals surface area contributed by atoms with Crippen LogP contribution >= 0.6 is 35.1 Å². The molecule has 0 radical (unpaired) electrons. The molecule has 0 spiro atoms. The summed E-state index contributed by atoms with van der Waals surface area (Å²) in [7, 11) is 1.71. The van der Waals surface area contributed by atoms with Crippen molar-refractivity contribution < 1.29 is 4.74 Å². The average molecular weight is 349 g/mol. The van der Waals surface area contributed by atoms with Gasteiger partial charge in [-0.25, -0.2) is 0 Å². The standard InChI is InChI=1S/C18H17ClOS2/c1-20-16-9-8-14(19)12-15(16)17(13-6-3-2-4-7-13)18-21-10-5-11-22-18/h2-4,6-9,12H,5,10-11H2,1H3. The van der Waals surface area contributed by atoms with Gasteiger partial charge in [-0.3, -0.25) is 0 Å². The molecule has 0 aromatic heterocycles. The molecule has 2 aromatic carbocycles.